The number of rotatable bonds is 4. The zero-order valence-corrected chi connectivity index (χ0v) is 20.2. The van der Waals surface area contributed by atoms with Crippen LogP contribution >= 0.6 is 23.8 Å². The molecule has 3 aromatic rings. The highest BCUT2D eigenvalue weighted by Crippen LogP contribution is 2.30. The van der Waals surface area contributed by atoms with Gasteiger partial charge in [0.25, 0.3) is 5.56 Å². The number of para-hydroxylation sites is 1. The van der Waals surface area contributed by atoms with Crippen LogP contribution in [0.1, 0.15) is 12.5 Å². The van der Waals surface area contributed by atoms with Gasteiger partial charge in [0.2, 0.25) is 5.88 Å². The van der Waals surface area contributed by atoms with E-state index in [1.807, 2.05) is 61.6 Å². The van der Waals surface area contributed by atoms with Gasteiger partial charge in [-0.15, -0.1) is 0 Å². The van der Waals surface area contributed by atoms with Crippen molar-refractivity contribution in [2.75, 3.05) is 0 Å². The summed E-state index contributed by atoms with van der Waals surface area (Å²) in [6, 6.07) is 16.2. The molecule has 1 aliphatic heterocycles. The number of hydrogen-bond donors (Lipinski definition) is 2. The third-order valence-electron chi connectivity index (χ3n) is 5.58. The molecule has 0 fully saturated rings. The Bertz CT molecular complexity index is 1580. The molecule has 1 unspecified atom stereocenters. The van der Waals surface area contributed by atoms with E-state index < -0.39 is 5.56 Å². The molecule has 174 valence electrons. The molecule has 8 heteroatoms. The number of aliphatic imine (C=N–C) groups is 1. The molecule has 6 nitrogen and oxygen atoms in total. The van der Waals surface area contributed by atoms with Crippen molar-refractivity contribution in [2.45, 2.75) is 13.0 Å². The number of aromatic nitrogens is 2. The van der Waals surface area contributed by atoms with Crippen LogP contribution in [0.2, 0.25) is 0 Å². The third-order valence-corrected chi connectivity index (χ3v) is 6.19. The van der Waals surface area contributed by atoms with E-state index in [1.165, 1.54) is 10.6 Å². The number of fused-ring (bicyclic) bond motifs is 1. The van der Waals surface area contributed by atoms with E-state index in [4.69, 9.17) is 28.6 Å². The Balaban J connectivity index is 1.52. The second kappa shape index (κ2) is 9.37. The van der Waals surface area contributed by atoms with Crippen LogP contribution in [0.15, 0.2) is 105 Å². The number of hydrogen-bond acceptors (Lipinski definition) is 5. The Morgan fingerprint density at radius 3 is 2.57 bits per heavy atom. The number of nitrogens with zero attached hydrogens (tertiary/aromatic N) is 2. The van der Waals surface area contributed by atoms with E-state index in [0.717, 1.165) is 11.1 Å². The zero-order valence-electron chi connectivity index (χ0n) is 18.6. The highest BCUT2D eigenvalue weighted by molar-refractivity contribution is 7.71. The number of allylic oxidation sites excluding steroid dienone is 4. The van der Waals surface area contributed by atoms with E-state index in [-0.39, 0.29) is 27.4 Å². The highest BCUT2D eigenvalue weighted by Gasteiger charge is 2.21. The van der Waals surface area contributed by atoms with Crippen LogP contribution in [-0.2, 0) is 0 Å². The van der Waals surface area contributed by atoms with Gasteiger partial charge in [0.1, 0.15) is 22.2 Å². The first-order chi connectivity index (χ1) is 16.9. The predicted molar refractivity (Wildman–Crippen MR) is 141 cm³/mol. The third kappa shape index (κ3) is 4.69. The van der Waals surface area contributed by atoms with Crippen molar-refractivity contribution in [1.29, 1.82) is 0 Å². The van der Waals surface area contributed by atoms with Gasteiger partial charge >= 0.3 is 0 Å². The van der Waals surface area contributed by atoms with Crippen molar-refractivity contribution < 1.29 is 9.84 Å². The van der Waals surface area contributed by atoms with Crippen LogP contribution in [0.3, 0.4) is 0 Å². The summed E-state index contributed by atoms with van der Waals surface area (Å²) in [5, 5.41) is 11.3. The lowest BCUT2D eigenvalue weighted by Crippen LogP contribution is -2.18. The van der Waals surface area contributed by atoms with Crippen molar-refractivity contribution in [3.05, 3.63) is 116 Å². The van der Waals surface area contributed by atoms with E-state index in [9.17, 15) is 9.90 Å². The van der Waals surface area contributed by atoms with Crippen LogP contribution in [0, 0.1) is 4.77 Å². The molecule has 2 aliphatic rings. The summed E-state index contributed by atoms with van der Waals surface area (Å²) in [6.45, 7) is 1.99. The normalized spacial score (nSPS) is 17.9. The molecule has 5 rings (SSSR count). The minimum atomic E-state index is -0.527. The average molecular weight is 502 g/mol. The molecule has 1 aromatic heterocycles. The van der Waals surface area contributed by atoms with Crippen molar-refractivity contribution in [3.63, 3.8) is 0 Å². The Kier molecular flexibility index (Phi) is 6.11. The van der Waals surface area contributed by atoms with Gasteiger partial charge in [0, 0.05) is 5.57 Å². The van der Waals surface area contributed by atoms with Crippen molar-refractivity contribution in [1.82, 2.24) is 9.55 Å². The van der Waals surface area contributed by atoms with Crippen molar-refractivity contribution in [3.8, 4) is 23.1 Å². The Labute approximate surface area is 211 Å². The summed E-state index contributed by atoms with van der Waals surface area (Å²) in [5.74, 6) is 1.02. The van der Waals surface area contributed by atoms with Gasteiger partial charge in [-0.2, -0.15) is 0 Å². The Hall–Kier alpha value is -3.94. The van der Waals surface area contributed by atoms with Crippen LogP contribution in [-0.4, -0.2) is 25.9 Å². The van der Waals surface area contributed by atoms with Gasteiger partial charge in [0.05, 0.1) is 11.7 Å². The minimum absolute atomic E-state index is 0.0221. The summed E-state index contributed by atoms with van der Waals surface area (Å²) in [4.78, 5) is 19.9. The number of ether oxygens (including phenoxy) is 1. The Morgan fingerprint density at radius 2 is 1.83 bits per heavy atom. The minimum Gasteiger partial charge on any atom is -0.494 e. The van der Waals surface area contributed by atoms with Crippen LogP contribution in [0.5, 0.6) is 17.4 Å². The maximum atomic E-state index is 12.7. The van der Waals surface area contributed by atoms with E-state index in [2.05, 4.69) is 9.98 Å². The summed E-state index contributed by atoms with van der Waals surface area (Å²) in [5.41, 5.74) is 2.62. The topological polar surface area (TPSA) is 79.6 Å². The summed E-state index contributed by atoms with van der Waals surface area (Å²) >= 11 is 11.8. The lowest BCUT2D eigenvalue weighted by molar-refractivity contribution is 0.431. The molecule has 2 heterocycles. The van der Waals surface area contributed by atoms with Gasteiger partial charge < -0.3 is 9.84 Å². The smallest absolute Gasteiger partial charge is 0.262 e. The number of nitrogens with one attached hydrogen (secondary N) is 1. The van der Waals surface area contributed by atoms with E-state index in [0.29, 0.717) is 22.8 Å². The first-order valence-corrected chi connectivity index (χ1v) is 11.6. The van der Waals surface area contributed by atoms with E-state index >= 15 is 0 Å². The molecule has 1 aliphatic carbocycles. The fraction of sp³-hybridized carbons (Fsp3) is 0.0741. The molecular weight excluding hydrogens is 482 g/mol. The molecule has 2 aromatic carbocycles. The molecule has 0 saturated carbocycles. The number of dihydropyridines is 1. The SMILES string of the molecule is CC1=CC2=CC(=Cc3c(O)n(-c4ccc(Oc5ccccc5)cc4)c(=S)[nH]c3=O)C(Cl)=NC2C=C1. The molecule has 0 spiro atoms. The monoisotopic (exact) mass is 501 g/mol. The fourth-order valence-corrected chi connectivity index (χ4v) is 4.38. The van der Waals surface area contributed by atoms with Crippen LogP contribution in [0.25, 0.3) is 11.8 Å². The fourth-order valence-electron chi connectivity index (χ4n) is 3.88. The maximum absolute atomic E-state index is 12.7. The van der Waals surface area contributed by atoms with Gasteiger partial charge in [-0.1, -0.05) is 53.6 Å². The molecule has 0 bridgehead atoms. The first-order valence-electron chi connectivity index (χ1n) is 10.8. The standard InChI is InChI=1S/C27H20ClN3O3S/c1-16-7-12-23-17(13-16)14-18(24(28)29-23)15-22-25(32)30-27(35)31(26(22)33)19-8-10-21(11-9-19)34-20-5-3-2-4-6-20/h2-15,23,33H,1H3,(H,30,32,35). The number of halogens is 1. The molecule has 0 saturated heterocycles. The van der Waals surface area contributed by atoms with Gasteiger partial charge in [-0.25, -0.2) is 0 Å². The van der Waals surface area contributed by atoms with Crippen molar-refractivity contribution >= 4 is 35.1 Å². The number of aromatic hydroxyl groups is 1. The van der Waals surface area contributed by atoms with Crippen LogP contribution in [0.4, 0.5) is 0 Å². The summed E-state index contributed by atoms with van der Waals surface area (Å²) in [7, 11) is 0. The van der Waals surface area contributed by atoms with Crippen molar-refractivity contribution in [2.24, 2.45) is 4.99 Å². The molecule has 1 atom stereocenters. The van der Waals surface area contributed by atoms with E-state index in [1.54, 1.807) is 24.3 Å². The molecule has 0 amide bonds. The summed E-state index contributed by atoms with van der Waals surface area (Å²) in [6.07, 6.45) is 9.36. The number of benzene rings is 2. The highest BCUT2D eigenvalue weighted by atomic mass is 35.5. The largest absolute Gasteiger partial charge is 0.494 e. The molecule has 2 N–H and O–H groups in total. The van der Waals surface area contributed by atoms with Gasteiger partial charge in [-0.05, 0) is 73.3 Å². The first kappa shape index (κ1) is 22.8. The molecular formula is C27H20ClN3O3S. The molecule has 35 heavy (non-hydrogen) atoms. The van der Waals surface area contributed by atoms with Gasteiger partial charge in [0.15, 0.2) is 4.77 Å². The lowest BCUT2D eigenvalue weighted by atomic mass is 9.94. The second-order valence-electron chi connectivity index (χ2n) is 8.10. The van der Waals surface area contributed by atoms with Crippen LogP contribution < -0.4 is 10.3 Å². The zero-order chi connectivity index (χ0) is 24.5. The Morgan fingerprint density at radius 1 is 1.11 bits per heavy atom. The quantitative estimate of drug-likeness (QED) is 0.415. The lowest BCUT2D eigenvalue weighted by Gasteiger charge is -2.20. The maximum Gasteiger partial charge on any atom is 0.262 e. The number of H-pyrrole nitrogens is 1. The van der Waals surface area contributed by atoms with Gasteiger partial charge in [-0.3, -0.25) is 19.3 Å². The average Bonchev–Trinajstić information content (AvgIpc) is 2.84. The number of aromatic amines is 1. The second-order valence-corrected chi connectivity index (χ2v) is 8.84. The summed E-state index contributed by atoms with van der Waals surface area (Å²) < 4.78 is 7.27. The predicted octanol–water partition coefficient (Wildman–Crippen LogP) is 6.24. The molecule has 0 radical (unpaired) electrons.